The second-order valence-corrected chi connectivity index (χ2v) is 8.20. The summed E-state index contributed by atoms with van der Waals surface area (Å²) in [5, 5.41) is 7.90. The van der Waals surface area contributed by atoms with Crippen LogP contribution >= 0.6 is 15.9 Å². The van der Waals surface area contributed by atoms with Gasteiger partial charge in [-0.1, -0.05) is 13.8 Å². The number of aromatic nitrogens is 2. The van der Waals surface area contributed by atoms with Crippen molar-refractivity contribution in [2.45, 2.75) is 45.7 Å². The minimum atomic E-state index is -0.0255. The standard InChI is InChI=1S/C16H22BrN3O/c1-8(2)7-20-16(21)14(17)11(6-18-20)19-15-12-9-3-4-10(5-9)13(12)15/h6,8-10,12-13,15,19H,3-5,7H2,1-2H3. The molecule has 3 aliphatic rings. The van der Waals surface area contributed by atoms with E-state index < -0.39 is 0 Å². The molecule has 1 aromatic heterocycles. The van der Waals surface area contributed by atoms with Gasteiger partial charge in [0.25, 0.3) is 5.56 Å². The van der Waals surface area contributed by atoms with Crippen LogP contribution in [0.25, 0.3) is 0 Å². The van der Waals surface area contributed by atoms with Crippen LogP contribution in [0.5, 0.6) is 0 Å². The molecule has 0 aromatic carbocycles. The molecule has 114 valence electrons. The number of nitrogens with zero attached hydrogens (tertiary/aromatic N) is 2. The van der Waals surface area contributed by atoms with E-state index in [-0.39, 0.29) is 5.56 Å². The molecule has 0 radical (unpaired) electrons. The highest BCUT2D eigenvalue weighted by Gasteiger charge is 2.65. The molecule has 4 unspecified atom stereocenters. The molecule has 1 aromatic rings. The van der Waals surface area contributed by atoms with Crippen LogP contribution in [0.15, 0.2) is 15.5 Å². The minimum Gasteiger partial charge on any atom is -0.379 e. The molecule has 3 aliphatic carbocycles. The molecule has 2 bridgehead atoms. The van der Waals surface area contributed by atoms with Crippen LogP contribution in [-0.4, -0.2) is 15.8 Å². The Morgan fingerprint density at radius 1 is 1.38 bits per heavy atom. The van der Waals surface area contributed by atoms with Gasteiger partial charge in [0, 0.05) is 12.6 Å². The smallest absolute Gasteiger partial charge is 0.283 e. The SMILES string of the molecule is CC(C)Cn1ncc(NC2C3C4CCC(C4)C23)c(Br)c1=O. The Kier molecular flexibility index (Phi) is 3.18. The highest BCUT2D eigenvalue weighted by Crippen LogP contribution is 2.66. The molecule has 4 nitrogen and oxygen atoms in total. The Balaban J connectivity index is 1.52. The highest BCUT2D eigenvalue weighted by molar-refractivity contribution is 9.10. The van der Waals surface area contributed by atoms with E-state index in [4.69, 9.17) is 0 Å². The van der Waals surface area contributed by atoms with Crippen molar-refractivity contribution in [3.05, 3.63) is 21.0 Å². The first-order valence-electron chi connectivity index (χ1n) is 8.08. The van der Waals surface area contributed by atoms with Gasteiger partial charge in [-0.25, -0.2) is 4.68 Å². The number of rotatable bonds is 4. The maximum absolute atomic E-state index is 12.3. The minimum absolute atomic E-state index is 0.0255. The molecule has 1 heterocycles. The van der Waals surface area contributed by atoms with Crippen LogP contribution in [0.2, 0.25) is 0 Å². The number of hydrogen-bond acceptors (Lipinski definition) is 3. The number of halogens is 1. The van der Waals surface area contributed by atoms with E-state index >= 15 is 0 Å². The molecule has 0 saturated heterocycles. The van der Waals surface area contributed by atoms with Gasteiger partial charge in [-0.3, -0.25) is 4.79 Å². The van der Waals surface area contributed by atoms with Crippen molar-refractivity contribution in [3.63, 3.8) is 0 Å². The molecule has 3 saturated carbocycles. The predicted molar refractivity (Wildman–Crippen MR) is 86.3 cm³/mol. The van der Waals surface area contributed by atoms with Gasteiger partial charge in [0.05, 0.1) is 11.9 Å². The largest absolute Gasteiger partial charge is 0.379 e. The second kappa shape index (κ2) is 4.83. The molecular formula is C16H22BrN3O. The number of anilines is 1. The summed E-state index contributed by atoms with van der Waals surface area (Å²) in [4.78, 5) is 12.3. The van der Waals surface area contributed by atoms with Gasteiger partial charge in [0.15, 0.2) is 0 Å². The van der Waals surface area contributed by atoms with E-state index in [0.717, 1.165) is 29.4 Å². The summed E-state index contributed by atoms with van der Waals surface area (Å²) in [6.07, 6.45) is 6.09. The van der Waals surface area contributed by atoms with E-state index in [0.29, 0.717) is 23.0 Å². The lowest BCUT2D eigenvalue weighted by molar-refractivity contribution is 0.456. The third kappa shape index (κ3) is 2.16. The topological polar surface area (TPSA) is 46.9 Å². The van der Waals surface area contributed by atoms with Crippen LogP contribution in [0.1, 0.15) is 33.1 Å². The summed E-state index contributed by atoms with van der Waals surface area (Å²) in [6.45, 7) is 4.85. The third-order valence-corrected chi connectivity index (χ3v) is 6.35. The fourth-order valence-electron chi connectivity index (χ4n) is 4.74. The molecule has 3 fully saturated rings. The first-order valence-corrected chi connectivity index (χ1v) is 8.87. The van der Waals surface area contributed by atoms with E-state index in [1.165, 1.54) is 19.3 Å². The zero-order valence-corrected chi connectivity index (χ0v) is 14.1. The average molecular weight is 352 g/mol. The van der Waals surface area contributed by atoms with Gasteiger partial charge >= 0.3 is 0 Å². The Morgan fingerprint density at radius 3 is 2.67 bits per heavy atom. The van der Waals surface area contributed by atoms with Crippen molar-refractivity contribution in [2.75, 3.05) is 5.32 Å². The molecule has 0 spiro atoms. The van der Waals surface area contributed by atoms with Gasteiger partial charge in [-0.2, -0.15) is 5.10 Å². The van der Waals surface area contributed by atoms with Gasteiger partial charge < -0.3 is 5.32 Å². The average Bonchev–Trinajstić information content (AvgIpc) is 2.82. The van der Waals surface area contributed by atoms with Crippen LogP contribution < -0.4 is 10.9 Å². The van der Waals surface area contributed by atoms with Gasteiger partial charge in [-0.15, -0.1) is 0 Å². The molecule has 4 rings (SSSR count). The van der Waals surface area contributed by atoms with E-state index in [1.54, 1.807) is 4.68 Å². The van der Waals surface area contributed by atoms with E-state index in [2.05, 4.69) is 40.2 Å². The van der Waals surface area contributed by atoms with E-state index in [1.807, 2.05) is 6.20 Å². The third-order valence-electron chi connectivity index (χ3n) is 5.58. The quantitative estimate of drug-likeness (QED) is 0.906. The van der Waals surface area contributed by atoms with Crippen molar-refractivity contribution in [2.24, 2.45) is 29.6 Å². The lowest BCUT2D eigenvalue weighted by Crippen LogP contribution is -2.27. The van der Waals surface area contributed by atoms with Crippen LogP contribution in [0.4, 0.5) is 5.69 Å². The summed E-state index contributed by atoms with van der Waals surface area (Å²) in [7, 11) is 0. The van der Waals surface area contributed by atoms with Gasteiger partial charge in [0.1, 0.15) is 4.47 Å². The second-order valence-electron chi connectivity index (χ2n) is 7.41. The van der Waals surface area contributed by atoms with Crippen LogP contribution in [0.3, 0.4) is 0 Å². The Labute approximate surface area is 133 Å². The lowest BCUT2D eigenvalue weighted by Gasteiger charge is -2.14. The maximum atomic E-state index is 12.3. The molecule has 0 aliphatic heterocycles. The van der Waals surface area contributed by atoms with Crippen LogP contribution in [0, 0.1) is 29.6 Å². The van der Waals surface area contributed by atoms with Crippen molar-refractivity contribution >= 4 is 21.6 Å². The fourth-order valence-corrected chi connectivity index (χ4v) is 5.16. The van der Waals surface area contributed by atoms with Crippen LogP contribution in [-0.2, 0) is 6.54 Å². The van der Waals surface area contributed by atoms with Crippen molar-refractivity contribution in [1.29, 1.82) is 0 Å². The van der Waals surface area contributed by atoms with Crippen molar-refractivity contribution in [1.82, 2.24) is 9.78 Å². The summed E-state index contributed by atoms with van der Waals surface area (Å²) >= 11 is 3.47. The van der Waals surface area contributed by atoms with E-state index in [9.17, 15) is 4.79 Å². The zero-order valence-electron chi connectivity index (χ0n) is 12.6. The summed E-state index contributed by atoms with van der Waals surface area (Å²) in [6, 6.07) is 0.578. The number of nitrogens with one attached hydrogen (secondary N) is 1. The normalized spacial score (nSPS) is 36.1. The molecule has 4 atom stereocenters. The van der Waals surface area contributed by atoms with Gasteiger partial charge in [-0.05, 0) is 64.8 Å². The Bertz CT molecular complexity index is 610. The Morgan fingerprint density at radius 2 is 2.05 bits per heavy atom. The monoisotopic (exact) mass is 351 g/mol. The molecular weight excluding hydrogens is 330 g/mol. The summed E-state index contributed by atoms with van der Waals surface area (Å²) in [5.74, 6) is 4.00. The fraction of sp³-hybridized carbons (Fsp3) is 0.750. The molecule has 1 N–H and O–H groups in total. The maximum Gasteiger partial charge on any atom is 0.283 e. The molecule has 5 heteroatoms. The summed E-state index contributed by atoms with van der Waals surface area (Å²) in [5.41, 5.74) is 0.848. The lowest BCUT2D eigenvalue weighted by atomic mass is 10.0. The van der Waals surface area contributed by atoms with Crippen molar-refractivity contribution in [3.8, 4) is 0 Å². The molecule has 21 heavy (non-hydrogen) atoms. The van der Waals surface area contributed by atoms with Crippen molar-refractivity contribution < 1.29 is 0 Å². The predicted octanol–water partition coefficient (Wildman–Crippen LogP) is 3.12. The summed E-state index contributed by atoms with van der Waals surface area (Å²) < 4.78 is 2.19. The number of fused-ring (bicyclic) bond motifs is 5. The zero-order chi connectivity index (χ0) is 14.7. The Hall–Kier alpha value is -0.840. The number of hydrogen-bond donors (Lipinski definition) is 1. The van der Waals surface area contributed by atoms with Gasteiger partial charge in [0.2, 0.25) is 0 Å². The highest BCUT2D eigenvalue weighted by atomic mass is 79.9. The first-order chi connectivity index (χ1) is 10.1. The molecule has 0 amide bonds. The first kappa shape index (κ1) is 13.8.